The van der Waals surface area contributed by atoms with Gasteiger partial charge in [0.25, 0.3) is 5.91 Å². The third-order valence-electron chi connectivity index (χ3n) is 5.33. The van der Waals surface area contributed by atoms with Gasteiger partial charge in [0.1, 0.15) is 5.52 Å². The number of hydrogen-bond donors (Lipinski definition) is 1. The first-order valence-corrected chi connectivity index (χ1v) is 10.5. The summed E-state index contributed by atoms with van der Waals surface area (Å²) in [4.78, 5) is 35.1. The number of urea groups is 1. The van der Waals surface area contributed by atoms with Crippen molar-refractivity contribution >= 4 is 23.0 Å². The summed E-state index contributed by atoms with van der Waals surface area (Å²) in [5.41, 5.74) is 2.00. The first kappa shape index (κ1) is 22.0. The average molecular weight is 418 g/mol. The Hall–Kier alpha value is -2.65. The van der Waals surface area contributed by atoms with Gasteiger partial charge in [-0.05, 0) is 32.0 Å². The molecular weight excluding hydrogens is 386 g/mol. The first-order valence-electron chi connectivity index (χ1n) is 10.5. The van der Waals surface area contributed by atoms with Gasteiger partial charge in [0.05, 0.1) is 13.2 Å². The molecule has 164 valence electrons. The largest absolute Gasteiger partial charge is 0.439 e. The fraction of sp³-hybridized carbons (Fsp3) is 0.571. The molecule has 0 bridgehead atoms. The number of carbonyl (C=O) groups is 2. The van der Waals surface area contributed by atoms with Crippen LogP contribution in [0.4, 0.5) is 4.79 Å². The number of amides is 3. The summed E-state index contributed by atoms with van der Waals surface area (Å²) in [6.45, 7) is 9.69. The summed E-state index contributed by atoms with van der Waals surface area (Å²) in [7, 11) is 1.61. The van der Waals surface area contributed by atoms with Crippen molar-refractivity contribution in [3.8, 4) is 0 Å². The molecule has 1 saturated heterocycles. The molecule has 3 rings (SSSR count). The lowest BCUT2D eigenvalue weighted by atomic mass is 10.2. The smallest absolute Gasteiger partial charge is 0.317 e. The maximum Gasteiger partial charge on any atom is 0.317 e. The van der Waals surface area contributed by atoms with E-state index in [4.69, 9.17) is 9.15 Å². The molecule has 1 fully saturated rings. The quantitative estimate of drug-likeness (QED) is 0.659. The monoisotopic (exact) mass is 417 g/mol. The molecule has 2 aromatic rings. The van der Waals surface area contributed by atoms with Gasteiger partial charge in [0.2, 0.25) is 5.89 Å². The molecule has 0 radical (unpaired) electrons. The second-order valence-corrected chi connectivity index (χ2v) is 7.26. The van der Waals surface area contributed by atoms with Crippen molar-refractivity contribution in [1.82, 2.24) is 25.0 Å². The van der Waals surface area contributed by atoms with Crippen LogP contribution in [-0.2, 0) is 11.3 Å². The van der Waals surface area contributed by atoms with Gasteiger partial charge < -0.3 is 24.3 Å². The van der Waals surface area contributed by atoms with Crippen molar-refractivity contribution < 1.29 is 18.7 Å². The molecule has 30 heavy (non-hydrogen) atoms. The van der Waals surface area contributed by atoms with Crippen molar-refractivity contribution in [1.29, 1.82) is 0 Å². The molecule has 1 aromatic heterocycles. The summed E-state index contributed by atoms with van der Waals surface area (Å²) in [5, 5.41) is 2.85. The van der Waals surface area contributed by atoms with Crippen LogP contribution in [0.25, 0.3) is 11.1 Å². The number of piperazine rings is 1. The van der Waals surface area contributed by atoms with E-state index in [1.165, 1.54) is 0 Å². The maximum absolute atomic E-state index is 12.6. The van der Waals surface area contributed by atoms with Crippen molar-refractivity contribution in [3.05, 3.63) is 29.7 Å². The summed E-state index contributed by atoms with van der Waals surface area (Å²) in [5.74, 6) is 0.627. The van der Waals surface area contributed by atoms with E-state index < -0.39 is 0 Å². The molecule has 0 unspecified atom stereocenters. The molecule has 2 heterocycles. The maximum atomic E-state index is 12.6. The van der Waals surface area contributed by atoms with E-state index in [-0.39, 0.29) is 11.9 Å². The number of carbonyl (C=O) groups excluding carboxylic acids is 2. The molecular formula is C21H31N5O4. The van der Waals surface area contributed by atoms with Crippen molar-refractivity contribution in [2.24, 2.45) is 0 Å². The van der Waals surface area contributed by atoms with Gasteiger partial charge in [0.15, 0.2) is 5.58 Å². The third kappa shape index (κ3) is 5.28. The number of oxazole rings is 1. The van der Waals surface area contributed by atoms with E-state index in [1.807, 2.05) is 24.8 Å². The first-order chi connectivity index (χ1) is 14.5. The van der Waals surface area contributed by atoms with E-state index in [0.29, 0.717) is 68.4 Å². The Labute approximate surface area is 176 Å². The number of rotatable bonds is 8. The number of nitrogens with one attached hydrogen (secondary N) is 1. The zero-order chi connectivity index (χ0) is 21.5. The van der Waals surface area contributed by atoms with E-state index >= 15 is 0 Å². The Balaban J connectivity index is 1.57. The van der Waals surface area contributed by atoms with Crippen molar-refractivity contribution in [2.75, 3.05) is 59.5 Å². The van der Waals surface area contributed by atoms with Gasteiger partial charge in [-0.1, -0.05) is 0 Å². The van der Waals surface area contributed by atoms with Gasteiger partial charge in [0, 0.05) is 58.5 Å². The van der Waals surface area contributed by atoms with Gasteiger partial charge >= 0.3 is 6.03 Å². The molecule has 1 N–H and O–H groups in total. The average Bonchev–Trinajstić information content (AvgIpc) is 3.16. The van der Waals surface area contributed by atoms with Crippen LogP contribution >= 0.6 is 0 Å². The molecule has 0 atom stereocenters. The van der Waals surface area contributed by atoms with Crippen LogP contribution in [0, 0.1) is 0 Å². The Morgan fingerprint density at radius 1 is 1.20 bits per heavy atom. The highest BCUT2D eigenvalue weighted by Crippen LogP contribution is 2.20. The summed E-state index contributed by atoms with van der Waals surface area (Å²) in [6.07, 6.45) is 0. The molecule has 9 heteroatoms. The predicted molar refractivity (Wildman–Crippen MR) is 113 cm³/mol. The van der Waals surface area contributed by atoms with E-state index in [1.54, 1.807) is 24.1 Å². The molecule has 9 nitrogen and oxygen atoms in total. The molecule has 0 saturated carbocycles. The summed E-state index contributed by atoms with van der Waals surface area (Å²) >= 11 is 0. The van der Waals surface area contributed by atoms with Crippen LogP contribution in [-0.4, -0.2) is 91.2 Å². The minimum atomic E-state index is -0.0565. The molecule has 1 aliphatic rings. The minimum absolute atomic E-state index is 0.00588. The number of methoxy groups -OCH3 is 1. The topological polar surface area (TPSA) is 91.2 Å². The fourth-order valence-corrected chi connectivity index (χ4v) is 3.54. The van der Waals surface area contributed by atoms with Gasteiger partial charge in [-0.2, -0.15) is 0 Å². The fourth-order valence-electron chi connectivity index (χ4n) is 3.54. The number of aromatic nitrogens is 1. The Bertz CT molecular complexity index is 856. The summed E-state index contributed by atoms with van der Waals surface area (Å²) in [6, 6.07) is 5.34. The molecule has 1 aliphatic heterocycles. The van der Waals surface area contributed by atoms with Crippen molar-refractivity contribution in [2.45, 2.75) is 20.4 Å². The van der Waals surface area contributed by atoms with Crippen LogP contribution in [0.2, 0.25) is 0 Å². The normalized spacial score (nSPS) is 14.8. The number of fused-ring (bicyclic) bond motifs is 1. The molecule has 0 aliphatic carbocycles. The lowest BCUT2D eigenvalue weighted by Gasteiger charge is -2.33. The predicted octanol–water partition coefficient (Wildman–Crippen LogP) is 1.78. The third-order valence-corrected chi connectivity index (χ3v) is 5.33. The van der Waals surface area contributed by atoms with E-state index in [0.717, 1.165) is 13.1 Å². The zero-order valence-corrected chi connectivity index (χ0v) is 18.0. The number of ether oxygens (including phenoxy) is 1. The Morgan fingerprint density at radius 3 is 2.60 bits per heavy atom. The van der Waals surface area contributed by atoms with Crippen LogP contribution < -0.4 is 5.32 Å². The van der Waals surface area contributed by atoms with Crippen LogP contribution in [0.5, 0.6) is 0 Å². The molecule has 1 aromatic carbocycles. The number of benzene rings is 1. The molecule has 0 spiro atoms. The minimum Gasteiger partial charge on any atom is -0.439 e. The highest BCUT2D eigenvalue weighted by atomic mass is 16.5. The number of hydrogen-bond acceptors (Lipinski definition) is 6. The summed E-state index contributed by atoms with van der Waals surface area (Å²) < 4.78 is 10.8. The SMILES string of the molecule is CCN(CC)C(=O)c1ccc2oc(CN3CCN(C(=O)NCCOC)CC3)nc2c1. The molecule has 3 amide bonds. The number of nitrogens with zero attached hydrogens (tertiary/aromatic N) is 4. The highest BCUT2D eigenvalue weighted by molar-refractivity contribution is 5.97. The second kappa shape index (κ2) is 10.4. The Kier molecular flexibility index (Phi) is 7.64. The van der Waals surface area contributed by atoms with Gasteiger partial charge in [-0.25, -0.2) is 9.78 Å². The van der Waals surface area contributed by atoms with Crippen LogP contribution in [0.3, 0.4) is 0 Å². The van der Waals surface area contributed by atoms with Gasteiger partial charge in [-0.3, -0.25) is 9.69 Å². The lowest BCUT2D eigenvalue weighted by Crippen LogP contribution is -2.51. The van der Waals surface area contributed by atoms with Crippen molar-refractivity contribution in [3.63, 3.8) is 0 Å². The Morgan fingerprint density at radius 2 is 1.93 bits per heavy atom. The van der Waals surface area contributed by atoms with Crippen LogP contribution in [0.1, 0.15) is 30.1 Å². The van der Waals surface area contributed by atoms with Gasteiger partial charge in [-0.15, -0.1) is 0 Å². The van der Waals surface area contributed by atoms with E-state index in [9.17, 15) is 9.59 Å². The van der Waals surface area contributed by atoms with Crippen LogP contribution in [0.15, 0.2) is 22.6 Å². The zero-order valence-electron chi connectivity index (χ0n) is 18.0. The van der Waals surface area contributed by atoms with E-state index in [2.05, 4.69) is 15.2 Å². The highest BCUT2D eigenvalue weighted by Gasteiger charge is 2.22. The second-order valence-electron chi connectivity index (χ2n) is 7.26. The lowest BCUT2D eigenvalue weighted by molar-refractivity contribution is 0.0773. The standard InChI is InChI=1S/C21H31N5O4/c1-4-25(5-2)20(27)16-6-7-18-17(14-16)23-19(30-18)15-24-9-11-26(12-10-24)21(28)22-8-13-29-3/h6-7,14H,4-5,8-13,15H2,1-3H3,(H,22,28).